The summed E-state index contributed by atoms with van der Waals surface area (Å²) in [5.41, 5.74) is 16.3. The topological polar surface area (TPSA) is 218 Å². The van der Waals surface area contributed by atoms with Crippen LogP contribution in [-0.4, -0.2) is 90.0 Å². The highest BCUT2D eigenvalue weighted by molar-refractivity contribution is 5.95. The molecule has 200 valence electrons. The molecule has 1 rings (SSSR count). The second kappa shape index (κ2) is 15.1. The molecule has 4 atom stereocenters. The molecule has 0 aromatic heterocycles. The summed E-state index contributed by atoms with van der Waals surface area (Å²) in [6.07, 6.45) is 2.16. The fourth-order valence-corrected chi connectivity index (χ4v) is 3.89. The normalized spacial score (nSPS) is 17.9. The van der Waals surface area contributed by atoms with Gasteiger partial charge in [-0.25, -0.2) is 0 Å². The van der Waals surface area contributed by atoms with Gasteiger partial charge in [0.05, 0.1) is 6.61 Å². The quantitative estimate of drug-likeness (QED) is 0.0769. The summed E-state index contributed by atoms with van der Waals surface area (Å²) in [4.78, 5) is 56.7. The summed E-state index contributed by atoms with van der Waals surface area (Å²) in [5.74, 6) is -1.85. The molecule has 0 radical (unpaired) electrons. The van der Waals surface area contributed by atoms with E-state index in [9.17, 15) is 19.2 Å². The number of rotatable bonds is 14. The summed E-state index contributed by atoms with van der Waals surface area (Å²) >= 11 is 0. The lowest BCUT2D eigenvalue weighted by atomic mass is 10.0. The van der Waals surface area contributed by atoms with Crippen molar-refractivity contribution < 1.29 is 24.3 Å². The van der Waals surface area contributed by atoms with Crippen LogP contribution in [-0.2, 0) is 19.2 Å². The van der Waals surface area contributed by atoms with E-state index in [1.54, 1.807) is 6.92 Å². The summed E-state index contributed by atoms with van der Waals surface area (Å²) < 4.78 is 0. The van der Waals surface area contributed by atoms with Gasteiger partial charge in [-0.3, -0.25) is 24.2 Å². The SMILES string of the molecule is CCNC(=O)[C@@H]1CCCN1C(=O)[C@H](CCCN=C(N)N)NC(=O)[C@H](CC(C)C)NC(=O)[C@@H](N)CO. The summed E-state index contributed by atoms with van der Waals surface area (Å²) in [6.45, 7) is 6.12. The van der Waals surface area contributed by atoms with Crippen molar-refractivity contribution >= 4 is 29.6 Å². The zero-order valence-corrected chi connectivity index (χ0v) is 21.0. The molecule has 0 spiro atoms. The second-order valence-corrected chi connectivity index (χ2v) is 9.07. The fourth-order valence-electron chi connectivity index (χ4n) is 3.89. The Balaban J connectivity index is 3.06. The first-order chi connectivity index (χ1) is 16.5. The molecule has 0 saturated carbocycles. The number of nitrogens with zero attached hydrogens (tertiary/aromatic N) is 2. The first-order valence-electron chi connectivity index (χ1n) is 12.1. The van der Waals surface area contributed by atoms with E-state index >= 15 is 0 Å². The van der Waals surface area contributed by atoms with Crippen molar-refractivity contribution in [1.82, 2.24) is 20.9 Å². The van der Waals surface area contributed by atoms with E-state index in [2.05, 4.69) is 20.9 Å². The molecule has 0 aromatic rings. The number of aliphatic hydroxyl groups excluding tert-OH is 1. The average Bonchev–Trinajstić information content (AvgIpc) is 3.29. The molecule has 1 saturated heterocycles. The van der Waals surface area contributed by atoms with Crippen LogP contribution in [0.3, 0.4) is 0 Å². The highest BCUT2D eigenvalue weighted by Crippen LogP contribution is 2.20. The maximum atomic E-state index is 13.5. The minimum atomic E-state index is -1.17. The Morgan fingerprint density at radius 1 is 1.11 bits per heavy atom. The van der Waals surface area contributed by atoms with Crippen LogP contribution >= 0.6 is 0 Å². The molecule has 13 nitrogen and oxygen atoms in total. The number of amides is 4. The van der Waals surface area contributed by atoms with Gasteiger partial charge in [0.25, 0.3) is 0 Å². The van der Waals surface area contributed by atoms with Gasteiger partial charge in [0.2, 0.25) is 23.6 Å². The molecule has 1 heterocycles. The van der Waals surface area contributed by atoms with Crippen LogP contribution in [0.4, 0.5) is 0 Å². The molecule has 13 heteroatoms. The van der Waals surface area contributed by atoms with Gasteiger partial charge in [-0.2, -0.15) is 0 Å². The summed E-state index contributed by atoms with van der Waals surface area (Å²) in [7, 11) is 0. The molecule has 0 aliphatic carbocycles. The average molecular weight is 499 g/mol. The first kappa shape index (κ1) is 30.1. The molecule has 1 fully saturated rings. The van der Waals surface area contributed by atoms with Gasteiger partial charge < -0.3 is 43.2 Å². The predicted octanol–water partition coefficient (Wildman–Crippen LogP) is -2.50. The predicted molar refractivity (Wildman–Crippen MR) is 132 cm³/mol. The van der Waals surface area contributed by atoms with Crippen LogP contribution in [0.5, 0.6) is 0 Å². The summed E-state index contributed by atoms with van der Waals surface area (Å²) in [5, 5.41) is 17.2. The maximum absolute atomic E-state index is 13.5. The Kier molecular flexibility index (Phi) is 13.0. The second-order valence-electron chi connectivity index (χ2n) is 9.07. The number of hydrogen-bond acceptors (Lipinski definition) is 7. The Labute approximate surface area is 206 Å². The molecular formula is C22H42N8O5. The number of aliphatic imine (C=N–C) groups is 1. The number of nitrogens with two attached hydrogens (primary N) is 3. The van der Waals surface area contributed by atoms with Crippen LogP contribution in [0, 0.1) is 5.92 Å². The number of likely N-dealkylation sites (N-methyl/N-ethyl adjacent to an activating group) is 1. The minimum absolute atomic E-state index is 0.0492. The Hall–Kier alpha value is -2.93. The standard InChI is InChI=1S/C22H42N8O5/c1-4-26-20(34)17-8-6-10-30(17)21(35)15(7-5-9-27-22(24)25)28-19(33)16(11-13(2)3)29-18(32)14(23)12-31/h13-17,31H,4-12,23H2,1-3H3,(H,26,34)(H,28,33)(H,29,32)(H4,24,25,27)/t14-,15-,16-,17-/m0/s1. The number of hydrogen-bond donors (Lipinski definition) is 7. The van der Waals surface area contributed by atoms with Gasteiger partial charge >= 0.3 is 0 Å². The third-order valence-corrected chi connectivity index (χ3v) is 5.62. The molecular weight excluding hydrogens is 456 g/mol. The third kappa shape index (κ3) is 10.1. The summed E-state index contributed by atoms with van der Waals surface area (Å²) in [6, 6.07) is -3.67. The van der Waals surface area contributed by atoms with E-state index in [1.807, 2.05) is 13.8 Å². The van der Waals surface area contributed by atoms with E-state index in [4.69, 9.17) is 22.3 Å². The van der Waals surface area contributed by atoms with Crippen molar-refractivity contribution in [3.63, 3.8) is 0 Å². The van der Waals surface area contributed by atoms with E-state index in [0.717, 1.165) is 0 Å². The monoisotopic (exact) mass is 498 g/mol. The zero-order chi connectivity index (χ0) is 26.5. The lowest BCUT2D eigenvalue weighted by Crippen LogP contribution is -2.58. The van der Waals surface area contributed by atoms with Crippen molar-refractivity contribution in [2.45, 2.75) is 77.0 Å². The highest BCUT2D eigenvalue weighted by Gasteiger charge is 2.38. The van der Waals surface area contributed by atoms with Crippen molar-refractivity contribution in [2.75, 3.05) is 26.2 Å². The van der Waals surface area contributed by atoms with Gasteiger partial charge in [-0.05, 0) is 44.9 Å². The van der Waals surface area contributed by atoms with Crippen molar-refractivity contribution in [1.29, 1.82) is 0 Å². The van der Waals surface area contributed by atoms with Crippen molar-refractivity contribution in [2.24, 2.45) is 28.1 Å². The molecule has 1 aliphatic rings. The molecule has 1 aliphatic heterocycles. The third-order valence-electron chi connectivity index (χ3n) is 5.62. The van der Waals surface area contributed by atoms with E-state index < -0.39 is 42.6 Å². The lowest BCUT2D eigenvalue weighted by molar-refractivity contribution is -0.142. The number of aliphatic hydroxyl groups is 1. The van der Waals surface area contributed by atoms with Crippen LogP contribution in [0.15, 0.2) is 4.99 Å². The Morgan fingerprint density at radius 2 is 1.77 bits per heavy atom. The van der Waals surface area contributed by atoms with Gasteiger partial charge in [0.1, 0.15) is 24.2 Å². The van der Waals surface area contributed by atoms with Gasteiger partial charge in [0.15, 0.2) is 5.96 Å². The number of carbonyl (C=O) groups excluding carboxylic acids is 4. The van der Waals surface area contributed by atoms with Crippen LogP contribution in [0.25, 0.3) is 0 Å². The number of guanidine groups is 1. The lowest BCUT2D eigenvalue weighted by Gasteiger charge is -2.30. The van der Waals surface area contributed by atoms with Crippen LogP contribution < -0.4 is 33.2 Å². The molecule has 0 aromatic carbocycles. The van der Waals surface area contributed by atoms with E-state index in [-0.39, 0.29) is 36.7 Å². The molecule has 4 amide bonds. The smallest absolute Gasteiger partial charge is 0.245 e. The highest BCUT2D eigenvalue weighted by atomic mass is 16.3. The van der Waals surface area contributed by atoms with E-state index in [0.29, 0.717) is 38.8 Å². The fraction of sp³-hybridized carbons (Fsp3) is 0.773. The number of carbonyl (C=O) groups is 4. The van der Waals surface area contributed by atoms with Gasteiger partial charge in [0, 0.05) is 19.6 Å². The van der Waals surface area contributed by atoms with Gasteiger partial charge in [-0.1, -0.05) is 13.8 Å². The number of nitrogens with one attached hydrogen (secondary N) is 3. The first-order valence-corrected chi connectivity index (χ1v) is 12.1. The molecule has 35 heavy (non-hydrogen) atoms. The Morgan fingerprint density at radius 3 is 2.34 bits per heavy atom. The van der Waals surface area contributed by atoms with Crippen molar-refractivity contribution in [3.05, 3.63) is 0 Å². The van der Waals surface area contributed by atoms with Gasteiger partial charge in [-0.15, -0.1) is 0 Å². The van der Waals surface area contributed by atoms with E-state index in [1.165, 1.54) is 4.90 Å². The van der Waals surface area contributed by atoms with Crippen LogP contribution in [0.1, 0.15) is 52.9 Å². The molecule has 0 bridgehead atoms. The molecule has 0 unspecified atom stereocenters. The zero-order valence-electron chi connectivity index (χ0n) is 21.0. The Bertz CT molecular complexity index is 756. The molecule has 10 N–H and O–H groups in total. The maximum Gasteiger partial charge on any atom is 0.245 e. The van der Waals surface area contributed by atoms with Crippen LogP contribution in [0.2, 0.25) is 0 Å². The largest absolute Gasteiger partial charge is 0.394 e. The minimum Gasteiger partial charge on any atom is -0.394 e. The number of likely N-dealkylation sites (tertiary alicyclic amines) is 1. The van der Waals surface area contributed by atoms with Crippen molar-refractivity contribution in [3.8, 4) is 0 Å².